The topological polar surface area (TPSA) is 88.4 Å². The molecular formula is C19H27N5O3S. The third-order valence-corrected chi connectivity index (χ3v) is 7.59. The molecule has 1 unspecified atom stereocenters. The van der Waals surface area contributed by atoms with Crippen LogP contribution >= 0.6 is 0 Å². The summed E-state index contributed by atoms with van der Waals surface area (Å²) in [5, 5.41) is 8.23. The third kappa shape index (κ3) is 3.41. The van der Waals surface area contributed by atoms with Gasteiger partial charge in [0, 0.05) is 26.2 Å². The van der Waals surface area contributed by atoms with E-state index in [2.05, 4.69) is 17.2 Å². The minimum absolute atomic E-state index is 0.0456. The van der Waals surface area contributed by atoms with E-state index in [1.807, 2.05) is 4.90 Å². The summed E-state index contributed by atoms with van der Waals surface area (Å²) in [4.78, 5) is 15.0. The first-order valence-corrected chi connectivity index (χ1v) is 11.6. The summed E-state index contributed by atoms with van der Waals surface area (Å²) >= 11 is 0. The minimum Gasteiger partial charge on any atom is -0.341 e. The zero-order valence-electron chi connectivity index (χ0n) is 16.2. The zero-order valence-corrected chi connectivity index (χ0v) is 17.1. The number of hydrogen-bond acceptors (Lipinski definition) is 5. The highest BCUT2D eigenvalue weighted by molar-refractivity contribution is 7.89. The van der Waals surface area contributed by atoms with Crippen LogP contribution in [0.25, 0.3) is 11.0 Å². The molecule has 4 rings (SSSR count). The van der Waals surface area contributed by atoms with Crippen LogP contribution in [0.3, 0.4) is 0 Å². The van der Waals surface area contributed by atoms with Gasteiger partial charge < -0.3 is 4.90 Å². The molecular weight excluding hydrogens is 378 g/mol. The van der Waals surface area contributed by atoms with E-state index >= 15 is 0 Å². The molecule has 2 saturated heterocycles. The number of fused-ring (bicyclic) bond motifs is 1. The van der Waals surface area contributed by atoms with Crippen molar-refractivity contribution in [2.45, 2.75) is 62.9 Å². The largest absolute Gasteiger partial charge is 0.341 e. The second kappa shape index (κ2) is 7.79. The van der Waals surface area contributed by atoms with Crippen molar-refractivity contribution in [2.24, 2.45) is 0 Å². The van der Waals surface area contributed by atoms with Crippen LogP contribution < -0.4 is 0 Å². The van der Waals surface area contributed by atoms with Gasteiger partial charge in [-0.25, -0.2) is 13.1 Å². The number of benzene rings is 1. The molecule has 28 heavy (non-hydrogen) atoms. The molecule has 3 heterocycles. The molecule has 2 fully saturated rings. The Bertz CT molecular complexity index is 965. The highest BCUT2D eigenvalue weighted by Crippen LogP contribution is 2.29. The number of aromatic nitrogens is 3. The van der Waals surface area contributed by atoms with Gasteiger partial charge in [0.15, 0.2) is 0 Å². The molecule has 1 amide bonds. The fourth-order valence-electron chi connectivity index (χ4n) is 4.22. The molecule has 0 spiro atoms. The smallest absolute Gasteiger partial charge is 0.243 e. The average Bonchev–Trinajstić information content (AvgIpc) is 3.36. The van der Waals surface area contributed by atoms with Crippen LogP contribution in [0, 0.1) is 0 Å². The molecule has 2 aromatic rings. The standard InChI is InChI=1S/C19H27N5O3S/c1-2-10-23-17-9-8-15(14-16(17)20-21-23)28(26,27)24-13-6-7-18(24)19(25)22-11-4-3-5-12-22/h8-9,14,18H,2-7,10-13H2,1H3. The van der Waals surface area contributed by atoms with Gasteiger partial charge in [-0.3, -0.25) is 4.79 Å². The van der Waals surface area contributed by atoms with E-state index in [1.54, 1.807) is 22.9 Å². The Balaban J connectivity index is 1.61. The van der Waals surface area contributed by atoms with E-state index in [0.29, 0.717) is 24.9 Å². The Kier molecular flexibility index (Phi) is 5.37. The number of amides is 1. The number of rotatable bonds is 5. The number of sulfonamides is 1. The van der Waals surface area contributed by atoms with Gasteiger partial charge >= 0.3 is 0 Å². The summed E-state index contributed by atoms with van der Waals surface area (Å²) in [6.07, 6.45) is 5.34. The summed E-state index contributed by atoms with van der Waals surface area (Å²) in [5.41, 5.74) is 1.38. The maximum absolute atomic E-state index is 13.3. The maximum Gasteiger partial charge on any atom is 0.243 e. The van der Waals surface area contributed by atoms with Gasteiger partial charge in [0.25, 0.3) is 0 Å². The molecule has 0 radical (unpaired) electrons. The second-order valence-electron chi connectivity index (χ2n) is 7.62. The third-order valence-electron chi connectivity index (χ3n) is 5.68. The van der Waals surface area contributed by atoms with E-state index < -0.39 is 16.1 Å². The first kappa shape index (κ1) is 19.3. The molecule has 1 aromatic carbocycles. The number of hydrogen-bond donors (Lipinski definition) is 0. The van der Waals surface area contributed by atoms with Gasteiger partial charge in [-0.1, -0.05) is 12.1 Å². The molecule has 0 bridgehead atoms. The maximum atomic E-state index is 13.3. The molecule has 0 aliphatic carbocycles. The second-order valence-corrected chi connectivity index (χ2v) is 9.51. The van der Waals surface area contributed by atoms with Crippen molar-refractivity contribution in [3.8, 4) is 0 Å². The van der Waals surface area contributed by atoms with Crippen molar-refractivity contribution in [3.63, 3.8) is 0 Å². The van der Waals surface area contributed by atoms with Gasteiger partial charge in [-0.2, -0.15) is 4.31 Å². The van der Waals surface area contributed by atoms with Crippen LogP contribution in [0.1, 0.15) is 45.4 Å². The molecule has 2 aliphatic rings. The predicted octanol–water partition coefficient (Wildman–Crippen LogP) is 2.01. The number of carbonyl (C=O) groups excluding carboxylic acids is 1. The van der Waals surface area contributed by atoms with E-state index in [9.17, 15) is 13.2 Å². The molecule has 8 nitrogen and oxygen atoms in total. The quantitative estimate of drug-likeness (QED) is 0.759. The first-order chi connectivity index (χ1) is 13.5. The summed E-state index contributed by atoms with van der Waals surface area (Å²) < 4.78 is 29.8. The first-order valence-electron chi connectivity index (χ1n) is 10.2. The highest BCUT2D eigenvalue weighted by atomic mass is 32.2. The van der Waals surface area contributed by atoms with Gasteiger partial charge in [0.05, 0.1) is 10.4 Å². The van der Waals surface area contributed by atoms with Crippen LogP contribution in [-0.4, -0.2) is 64.2 Å². The Labute approximate surface area is 165 Å². The fraction of sp³-hybridized carbons (Fsp3) is 0.632. The predicted molar refractivity (Wildman–Crippen MR) is 105 cm³/mol. The molecule has 1 atom stereocenters. The van der Waals surface area contributed by atoms with Crippen molar-refractivity contribution >= 4 is 27.0 Å². The summed E-state index contributed by atoms with van der Waals surface area (Å²) in [6, 6.07) is 4.35. The van der Waals surface area contributed by atoms with Crippen LogP contribution in [0.5, 0.6) is 0 Å². The van der Waals surface area contributed by atoms with E-state index in [0.717, 1.165) is 50.8 Å². The number of nitrogens with zero attached hydrogens (tertiary/aromatic N) is 5. The highest BCUT2D eigenvalue weighted by Gasteiger charge is 2.41. The lowest BCUT2D eigenvalue weighted by Crippen LogP contribution is -2.49. The minimum atomic E-state index is -3.76. The van der Waals surface area contributed by atoms with E-state index in [4.69, 9.17) is 0 Å². The Morgan fingerprint density at radius 3 is 2.68 bits per heavy atom. The Morgan fingerprint density at radius 2 is 1.93 bits per heavy atom. The van der Waals surface area contributed by atoms with Crippen LogP contribution in [0.4, 0.5) is 0 Å². The van der Waals surface area contributed by atoms with Crippen molar-refractivity contribution < 1.29 is 13.2 Å². The van der Waals surface area contributed by atoms with E-state index in [-0.39, 0.29) is 10.8 Å². The Hall–Kier alpha value is -2.00. The van der Waals surface area contributed by atoms with Crippen LogP contribution in [0.15, 0.2) is 23.1 Å². The van der Waals surface area contributed by atoms with Gasteiger partial charge in [-0.05, 0) is 56.7 Å². The summed E-state index contributed by atoms with van der Waals surface area (Å²) in [6.45, 7) is 4.64. The lowest BCUT2D eigenvalue weighted by atomic mass is 10.1. The lowest BCUT2D eigenvalue weighted by molar-refractivity contribution is -0.135. The SMILES string of the molecule is CCCn1nnc2cc(S(=O)(=O)N3CCCC3C(=O)N3CCCCC3)ccc21. The normalized spacial score (nSPS) is 21.5. The number of likely N-dealkylation sites (tertiary alicyclic amines) is 1. The van der Waals surface area contributed by atoms with Gasteiger partial charge in [0.2, 0.25) is 15.9 Å². The molecule has 0 saturated carbocycles. The molecule has 2 aliphatic heterocycles. The van der Waals surface area contributed by atoms with Crippen LogP contribution in [0.2, 0.25) is 0 Å². The summed E-state index contributed by atoms with van der Waals surface area (Å²) in [7, 11) is -3.76. The fourth-order valence-corrected chi connectivity index (χ4v) is 5.90. The van der Waals surface area contributed by atoms with Crippen molar-refractivity contribution in [3.05, 3.63) is 18.2 Å². The molecule has 9 heteroatoms. The molecule has 152 valence electrons. The van der Waals surface area contributed by atoms with Crippen molar-refractivity contribution in [2.75, 3.05) is 19.6 Å². The van der Waals surface area contributed by atoms with Crippen molar-refractivity contribution in [1.29, 1.82) is 0 Å². The lowest BCUT2D eigenvalue weighted by Gasteiger charge is -2.32. The molecule has 0 N–H and O–H groups in total. The number of piperidine rings is 1. The molecule has 1 aromatic heterocycles. The van der Waals surface area contributed by atoms with Gasteiger partial charge in [-0.15, -0.1) is 5.10 Å². The average molecular weight is 406 g/mol. The van der Waals surface area contributed by atoms with Crippen LogP contribution in [-0.2, 0) is 21.4 Å². The zero-order chi connectivity index (χ0) is 19.7. The number of aryl methyl sites for hydroxylation is 1. The van der Waals surface area contributed by atoms with Crippen molar-refractivity contribution in [1.82, 2.24) is 24.2 Å². The Morgan fingerprint density at radius 1 is 1.14 bits per heavy atom. The number of carbonyl (C=O) groups is 1. The monoisotopic (exact) mass is 405 g/mol. The van der Waals surface area contributed by atoms with E-state index in [1.165, 1.54) is 4.31 Å². The summed E-state index contributed by atoms with van der Waals surface area (Å²) in [5.74, 6) is -0.0456. The van der Waals surface area contributed by atoms with Gasteiger partial charge in [0.1, 0.15) is 11.6 Å².